The van der Waals surface area contributed by atoms with Crippen LogP contribution >= 0.6 is 11.3 Å². The van der Waals surface area contributed by atoms with Gasteiger partial charge in [-0.15, -0.1) is 11.3 Å². The van der Waals surface area contributed by atoms with Gasteiger partial charge >= 0.3 is 0 Å². The molecule has 0 fully saturated rings. The molecule has 2 aromatic rings. The second-order valence-corrected chi connectivity index (χ2v) is 7.24. The molecule has 2 nitrogen and oxygen atoms in total. The summed E-state index contributed by atoms with van der Waals surface area (Å²) in [5.41, 5.74) is 6.00. The molecule has 1 heterocycles. The molecule has 0 spiro atoms. The minimum atomic E-state index is 0.167. The van der Waals surface area contributed by atoms with Crippen LogP contribution in [0.4, 0.5) is 0 Å². The number of aryl methyl sites for hydroxylation is 2. The first-order chi connectivity index (χ1) is 9.31. The fourth-order valence-corrected chi connectivity index (χ4v) is 3.07. The standard InChI is InChI=1S/C17H21NOS/c1-11-6-13(17(3,4)5)7-12(2)15(11)8-16-18-14(9-19)10-20-16/h6-7,9-10H,8H2,1-5H3. The molecule has 2 rings (SSSR count). The van der Waals surface area contributed by atoms with Gasteiger partial charge in [-0.05, 0) is 41.5 Å². The third-order valence-corrected chi connectivity index (χ3v) is 4.45. The number of nitrogens with zero attached hydrogens (tertiary/aromatic N) is 1. The molecule has 0 aliphatic rings. The first kappa shape index (κ1) is 14.9. The van der Waals surface area contributed by atoms with Crippen molar-refractivity contribution >= 4 is 17.6 Å². The Balaban J connectivity index is 2.35. The Morgan fingerprint density at radius 2 is 1.80 bits per heavy atom. The highest BCUT2D eigenvalue weighted by molar-refractivity contribution is 7.09. The molecule has 0 aliphatic heterocycles. The van der Waals surface area contributed by atoms with E-state index in [2.05, 4.69) is 51.7 Å². The number of aromatic nitrogens is 1. The van der Waals surface area contributed by atoms with E-state index in [1.54, 1.807) is 11.3 Å². The largest absolute Gasteiger partial charge is 0.296 e. The highest BCUT2D eigenvalue weighted by Crippen LogP contribution is 2.28. The van der Waals surface area contributed by atoms with Crippen LogP contribution in [0.1, 0.15) is 58.5 Å². The second-order valence-electron chi connectivity index (χ2n) is 6.30. The Morgan fingerprint density at radius 1 is 1.20 bits per heavy atom. The zero-order valence-electron chi connectivity index (χ0n) is 12.8. The molecular weight excluding hydrogens is 266 g/mol. The lowest BCUT2D eigenvalue weighted by molar-refractivity contribution is 0.111. The van der Waals surface area contributed by atoms with Crippen LogP contribution in [-0.4, -0.2) is 11.3 Å². The van der Waals surface area contributed by atoms with Crippen molar-refractivity contribution in [2.45, 2.75) is 46.5 Å². The number of thiazole rings is 1. The molecule has 0 saturated carbocycles. The summed E-state index contributed by atoms with van der Waals surface area (Å²) in [4.78, 5) is 15.0. The minimum absolute atomic E-state index is 0.167. The zero-order valence-corrected chi connectivity index (χ0v) is 13.6. The third-order valence-electron chi connectivity index (χ3n) is 3.58. The molecule has 0 bridgehead atoms. The van der Waals surface area contributed by atoms with Crippen molar-refractivity contribution in [3.63, 3.8) is 0 Å². The van der Waals surface area contributed by atoms with Crippen molar-refractivity contribution in [3.8, 4) is 0 Å². The van der Waals surface area contributed by atoms with E-state index in [1.165, 1.54) is 22.3 Å². The lowest BCUT2D eigenvalue weighted by Crippen LogP contribution is -2.12. The molecule has 1 aromatic carbocycles. The topological polar surface area (TPSA) is 30.0 Å². The Bertz CT molecular complexity index is 612. The SMILES string of the molecule is Cc1cc(C(C)(C)C)cc(C)c1Cc1nc(C=O)cs1. The maximum absolute atomic E-state index is 10.7. The first-order valence-electron chi connectivity index (χ1n) is 6.81. The van der Waals surface area contributed by atoms with Crippen molar-refractivity contribution in [2.75, 3.05) is 0 Å². The molecule has 0 unspecified atom stereocenters. The summed E-state index contributed by atoms with van der Waals surface area (Å²) in [6.07, 6.45) is 1.61. The third kappa shape index (κ3) is 3.15. The number of benzene rings is 1. The van der Waals surface area contributed by atoms with Gasteiger partial charge < -0.3 is 0 Å². The number of rotatable bonds is 3. The van der Waals surface area contributed by atoms with E-state index in [1.807, 2.05) is 5.38 Å². The smallest absolute Gasteiger partial charge is 0.169 e. The maximum Gasteiger partial charge on any atom is 0.169 e. The molecule has 0 atom stereocenters. The van der Waals surface area contributed by atoms with E-state index in [0.717, 1.165) is 17.7 Å². The van der Waals surface area contributed by atoms with Gasteiger partial charge in [-0.2, -0.15) is 0 Å². The normalized spacial score (nSPS) is 11.7. The fourth-order valence-electron chi connectivity index (χ4n) is 2.32. The van der Waals surface area contributed by atoms with E-state index < -0.39 is 0 Å². The summed E-state index contributed by atoms with van der Waals surface area (Å²) in [6.45, 7) is 11.0. The van der Waals surface area contributed by atoms with Gasteiger partial charge in [-0.3, -0.25) is 4.79 Å². The van der Waals surface area contributed by atoms with Gasteiger partial charge in [-0.1, -0.05) is 32.9 Å². The molecule has 0 amide bonds. The highest BCUT2D eigenvalue weighted by atomic mass is 32.1. The number of carbonyl (C=O) groups is 1. The summed E-state index contributed by atoms with van der Waals surface area (Å²) in [6, 6.07) is 4.55. The maximum atomic E-state index is 10.7. The van der Waals surface area contributed by atoms with Gasteiger partial charge in [-0.25, -0.2) is 4.98 Å². The average molecular weight is 287 g/mol. The van der Waals surface area contributed by atoms with Crippen molar-refractivity contribution < 1.29 is 4.79 Å². The summed E-state index contributed by atoms with van der Waals surface area (Å²) in [5, 5.41) is 2.82. The molecular formula is C17H21NOS. The predicted molar refractivity (Wildman–Crippen MR) is 84.9 cm³/mol. The molecule has 106 valence electrons. The summed E-state index contributed by atoms with van der Waals surface area (Å²) in [7, 11) is 0. The van der Waals surface area contributed by atoms with Crippen LogP contribution < -0.4 is 0 Å². The van der Waals surface area contributed by atoms with Crippen LogP contribution in [0.3, 0.4) is 0 Å². The lowest BCUT2D eigenvalue weighted by atomic mass is 9.83. The fraction of sp³-hybridized carbons (Fsp3) is 0.412. The molecule has 0 aliphatic carbocycles. The molecule has 0 saturated heterocycles. The van der Waals surface area contributed by atoms with Gasteiger partial charge in [0.1, 0.15) is 5.69 Å². The van der Waals surface area contributed by atoms with Crippen LogP contribution in [0.2, 0.25) is 0 Å². The predicted octanol–water partition coefficient (Wildman–Crippen LogP) is 4.46. The zero-order chi connectivity index (χ0) is 14.9. The van der Waals surface area contributed by atoms with Crippen LogP contribution in [0.5, 0.6) is 0 Å². The molecule has 0 N–H and O–H groups in total. The number of hydrogen-bond acceptors (Lipinski definition) is 3. The average Bonchev–Trinajstić information content (AvgIpc) is 2.80. The molecule has 20 heavy (non-hydrogen) atoms. The van der Waals surface area contributed by atoms with Crippen LogP contribution in [0.25, 0.3) is 0 Å². The molecule has 3 heteroatoms. The van der Waals surface area contributed by atoms with Crippen LogP contribution in [0.15, 0.2) is 17.5 Å². The number of aldehydes is 1. The monoisotopic (exact) mass is 287 g/mol. The van der Waals surface area contributed by atoms with Gasteiger partial charge in [0.25, 0.3) is 0 Å². The van der Waals surface area contributed by atoms with E-state index in [-0.39, 0.29) is 5.41 Å². The Kier molecular flexibility index (Phi) is 4.09. The summed E-state index contributed by atoms with van der Waals surface area (Å²) in [5.74, 6) is 0. The van der Waals surface area contributed by atoms with Crippen LogP contribution in [0, 0.1) is 13.8 Å². The van der Waals surface area contributed by atoms with E-state index in [4.69, 9.17) is 0 Å². The Morgan fingerprint density at radius 3 is 2.25 bits per heavy atom. The first-order valence-corrected chi connectivity index (χ1v) is 7.69. The number of hydrogen-bond donors (Lipinski definition) is 0. The van der Waals surface area contributed by atoms with Gasteiger partial charge in [0.05, 0.1) is 5.01 Å². The quantitative estimate of drug-likeness (QED) is 0.780. The van der Waals surface area contributed by atoms with E-state index in [0.29, 0.717) is 5.69 Å². The molecule has 1 aromatic heterocycles. The van der Waals surface area contributed by atoms with Gasteiger partial charge in [0, 0.05) is 11.8 Å². The van der Waals surface area contributed by atoms with Gasteiger partial charge in [0.2, 0.25) is 0 Å². The van der Waals surface area contributed by atoms with Gasteiger partial charge in [0.15, 0.2) is 6.29 Å². The summed E-state index contributed by atoms with van der Waals surface area (Å²) < 4.78 is 0. The molecule has 0 radical (unpaired) electrons. The Labute approximate surface area is 124 Å². The van der Waals surface area contributed by atoms with Crippen molar-refractivity contribution in [1.29, 1.82) is 0 Å². The second kappa shape index (κ2) is 5.49. The van der Waals surface area contributed by atoms with Crippen molar-refractivity contribution in [3.05, 3.63) is 50.5 Å². The Hall–Kier alpha value is -1.48. The van der Waals surface area contributed by atoms with E-state index >= 15 is 0 Å². The highest BCUT2D eigenvalue weighted by Gasteiger charge is 2.16. The summed E-state index contributed by atoms with van der Waals surface area (Å²) >= 11 is 1.55. The lowest BCUT2D eigenvalue weighted by Gasteiger charge is -2.22. The minimum Gasteiger partial charge on any atom is -0.296 e. The number of carbonyl (C=O) groups excluding carboxylic acids is 1. The van der Waals surface area contributed by atoms with Crippen molar-refractivity contribution in [2.24, 2.45) is 0 Å². The van der Waals surface area contributed by atoms with E-state index in [9.17, 15) is 4.79 Å². The van der Waals surface area contributed by atoms with Crippen LogP contribution in [-0.2, 0) is 11.8 Å². The van der Waals surface area contributed by atoms with Crippen molar-refractivity contribution in [1.82, 2.24) is 4.98 Å².